The molecule has 0 aromatic heterocycles. The molecule has 0 spiro atoms. The van der Waals surface area contributed by atoms with Gasteiger partial charge in [-0.05, 0) is 24.1 Å². The van der Waals surface area contributed by atoms with Crippen molar-refractivity contribution >= 4 is 5.91 Å². The molecule has 2 aromatic carbocycles. The smallest absolute Gasteiger partial charge is 0.267 e. The lowest BCUT2D eigenvalue weighted by atomic mass is 10.1. The molecule has 0 fully saturated rings. The Balaban J connectivity index is 2.01. The van der Waals surface area contributed by atoms with Crippen LogP contribution in [0.5, 0.6) is 0 Å². The number of rotatable bonds is 5. The van der Waals surface area contributed by atoms with E-state index >= 15 is 0 Å². The summed E-state index contributed by atoms with van der Waals surface area (Å²) in [6.07, 6.45) is 0.602. The topological polar surface area (TPSA) is 49.7 Å². The minimum Gasteiger partial charge on any atom is -0.267 e. The molecule has 0 unspecified atom stereocenters. The molecule has 0 heterocycles. The van der Waals surface area contributed by atoms with E-state index in [4.69, 9.17) is 0 Å². The first kappa shape index (κ1) is 13.0. The first-order chi connectivity index (χ1) is 9.31. The van der Waals surface area contributed by atoms with E-state index in [1.807, 2.05) is 36.4 Å². The van der Waals surface area contributed by atoms with Gasteiger partial charge in [-0.2, -0.15) is 5.01 Å². The third-order valence-corrected chi connectivity index (χ3v) is 2.81. The zero-order chi connectivity index (χ0) is 13.5. The standard InChI is InChI=1S/C15H14N2O2/c18-15(14-9-5-2-6-10-14)17(16-19)12-11-13-7-3-1-4-8-13/h1-10H,11-12H2. The molecule has 0 saturated carbocycles. The Kier molecular flexibility index (Phi) is 4.39. The van der Waals surface area contributed by atoms with E-state index in [1.54, 1.807) is 24.3 Å². The first-order valence-corrected chi connectivity index (χ1v) is 6.05. The zero-order valence-electron chi connectivity index (χ0n) is 10.4. The molecule has 4 heteroatoms. The van der Waals surface area contributed by atoms with Crippen molar-refractivity contribution in [3.8, 4) is 0 Å². The van der Waals surface area contributed by atoms with Crippen LogP contribution in [0.15, 0.2) is 65.9 Å². The molecule has 0 aliphatic rings. The van der Waals surface area contributed by atoms with Crippen molar-refractivity contribution in [2.75, 3.05) is 6.54 Å². The molecule has 0 aliphatic heterocycles. The van der Waals surface area contributed by atoms with Gasteiger partial charge in [0.1, 0.15) is 0 Å². The van der Waals surface area contributed by atoms with E-state index in [9.17, 15) is 9.70 Å². The van der Waals surface area contributed by atoms with Gasteiger partial charge in [0.25, 0.3) is 5.91 Å². The summed E-state index contributed by atoms with van der Waals surface area (Å²) in [5.74, 6) is -0.369. The maximum absolute atomic E-state index is 12.0. The van der Waals surface area contributed by atoms with Gasteiger partial charge in [0.2, 0.25) is 0 Å². The van der Waals surface area contributed by atoms with Crippen LogP contribution in [-0.2, 0) is 6.42 Å². The summed E-state index contributed by atoms with van der Waals surface area (Å²) in [5.41, 5.74) is 1.53. The highest BCUT2D eigenvalue weighted by atomic mass is 16.3. The van der Waals surface area contributed by atoms with Gasteiger partial charge in [0.15, 0.2) is 0 Å². The maximum atomic E-state index is 12.0. The van der Waals surface area contributed by atoms with E-state index in [2.05, 4.69) is 5.29 Å². The third kappa shape index (κ3) is 3.48. The van der Waals surface area contributed by atoms with Crippen LogP contribution in [0.3, 0.4) is 0 Å². The van der Waals surface area contributed by atoms with Crippen molar-refractivity contribution in [1.82, 2.24) is 5.01 Å². The van der Waals surface area contributed by atoms with Gasteiger partial charge in [-0.15, -0.1) is 4.91 Å². The van der Waals surface area contributed by atoms with Crippen LogP contribution in [0, 0.1) is 4.91 Å². The van der Waals surface area contributed by atoms with Gasteiger partial charge in [-0.25, -0.2) is 0 Å². The van der Waals surface area contributed by atoms with Gasteiger partial charge in [0, 0.05) is 5.56 Å². The average Bonchev–Trinajstić information content (AvgIpc) is 2.49. The van der Waals surface area contributed by atoms with Gasteiger partial charge in [-0.3, -0.25) is 4.79 Å². The second kappa shape index (κ2) is 6.44. The SMILES string of the molecule is O=NN(CCc1ccccc1)C(=O)c1ccccc1. The number of carbonyl (C=O) groups is 1. The Morgan fingerprint density at radius 3 is 2.11 bits per heavy atom. The Morgan fingerprint density at radius 1 is 0.947 bits per heavy atom. The fourth-order valence-corrected chi connectivity index (χ4v) is 1.79. The van der Waals surface area contributed by atoms with E-state index < -0.39 is 0 Å². The minimum absolute atomic E-state index is 0.279. The molecular formula is C15H14N2O2. The summed E-state index contributed by atoms with van der Waals surface area (Å²) in [6, 6.07) is 18.4. The summed E-state index contributed by atoms with van der Waals surface area (Å²) >= 11 is 0. The van der Waals surface area contributed by atoms with Gasteiger partial charge >= 0.3 is 0 Å². The van der Waals surface area contributed by atoms with Crippen LogP contribution in [0.1, 0.15) is 15.9 Å². The number of carbonyl (C=O) groups excluding carboxylic acids is 1. The zero-order valence-corrected chi connectivity index (χ0v) is 10.4. The molecule has 0 atom stereocenters. The predicted octanol–water partition coefficient (Wildman–Crippen LogP) is 3.05. The van der Waals surface area contributed by atoms with Crippen molar-refractivity contribution in [2.24, 2.45) is 5.29 Å². The average molecular weight is 254 g/mol. The summed E-state index contributed by atoms with van der Waals surface area (Å²) in [6.45, 7) is 0.279. The molecule has 0 bridgehead atoms. The number of benzene rings is 2. The van der Waals surface area contributed by atoms with E-state index in [-0.39, 0.29) is 12.5 Å². The molecule has 0 radical (unpaired) electrons. The van der Waals surface area contributed by atoms with Crippen molar-refractivity contribution in [3.05, 3.63) is 76.7 Å². The summed E-state index contributed by atoms with van der Waals surface area (Å²) in [4.78, 5) is 22.8. The molecule has 0 N–H and O–H groups in total. The Labute approximate surface area is 111 Å². The number of hydrogen-bond acceptors (Lipinski definition) is 3. The van der Waals surface area contributed by atoms with Crippen LogP contribution in [0.25, 0.3) is 0 Å². The molecule has 4 nitrogen and oxygen atoms in total. The molecule has 19 heavy (non-hydrogen) atoms. The number of nitroso groups, excluding NO2 is 1. The van der Waals surface area contributed by atoms with Crippen LogP contribution < -0.4 is 0 Å². The molecule has 2 rings (SSSR count). The van der Waals surface area contributed by atoms with Crippen LogP contribution in [0.4, 0.5) is 0 Å². The summed E-state index contributed by atoms with van der Waals surface area (Å²) in [5, 5.41) is 3.77. The van der Waals surface area contributed by atoms with E-state index in [0.29, 0.717) is 12.0 Å². The van der Waals surface area contributed by atoms with E-state index in [1.165, 1.54) is 0 Å². The highest BCUT2D eigenvalue weighted by Gasteiger charge is 2.15. The lowest BCUT2D eigenvalue weighted by Gasteiger charge is -2.13. The molecule has 0 saturated heterocycles. The van der Waals surface area contributed by atoms with E-state index in [0.717, 1.165) is 10.6 Å². The first-order valence-electron chi connectivity index (χ1n) is 6.05. The van der Waals surface area contributed by atoms with Crippen LogP contribution >= 0.6 is 0 Å². The fourth-order valence-electron chi connectivity index (χ4n) is 1.79. The fraction of sp³-hybridized carbons (Fsp3) is 0.133. The van der Waals surface area contributed by atoms with Gasteiger partial charge in [0.05, 0.1) is 11.8 Å². The highest BCUT2D eigenvalue weighted by molar-refractivity contribution is 5.93. The summed E-state index contributed by atoms with van der Waals surface area (Å²) < 4.78 is 0. The minimum atomic E-state index is -0.369. The lowest BCUT2D eigenvalue weighted by molar-refractivity contribution is 0.0759. The lowest BCUT2D eigenvalue weighted by Crippen LogP contribution is -2.27. The molecular weight excluding hydrogens is 240 g/mol. The molecule has 2 aromatic rings. The second-order valence-electron chi connectivity index (χ2n) is 4.11. The molecule has 0 aliphatic carbocycles. The Morgan fingerprint density at radius 2 is 1.53 bits per heavy atom. The number of nitrogens with zero attached hydrogens (tertiary/aromatic N) is 2. The number of amides is 1. The number of hydrogen-bond donors (Lipinski definition) is 0. The van der Waals surface area contributed by atoms with Gasteiger partial charge < -0.3 is 0 Å². The largest absolute Gasteiger partial charge is 0.276 e. The molecule has 1 amide bonds. The third-order valence-electron chi connectivity index (χ3n) is 2.81. The van der Waals surface area contributed by atoms with Crippen molar-refractivity contribution in [1.29, 1.82) is 0 Å². The van der Waals surface area contributed by atoms with Crippen LogP contribution in [-0.4, -0.2) is 17.5 Å². The molecule has 96 valence electrons. The highest BCUT2D eigenvalue weighted by Crippen LogP contribution is 2.07. The normalized spacial score (nSPS) is 9.89. The van der Waals surface area contributed by atoms with Crippen LogP contribution in [0.2, 0.25) is 0 Å². The van der Waals surface area contributed by atoms with Gasteiger partial charge in [-0.1, -0.05) is 48.5 Å². The predicted molar refractivity (Wildman–Crippen MR) is 73.4 cm³/mol. The monoisotopic (exact) mass is 254 g/mol. The Hall–Kier alpha value is -2.49. The van der Waals surface area contributed by atoms with Crippen molar-refractivity contribution < 1.29 is 4.79 Å². The Bertz CT molecular complexity index is 541. The van der Waals surface area contributed by atoms with Crippen molar-refractivity contribution in [3.63, 3.8) is 0 Å². The second-order valence-corrected chi connectivity index (χ2v) is 4.11. The van der Waals surface area contributed by atoms with Crippen molar-refractivity contribution in [2.45, 2.75) is 6.42 Å². The maximum Gasteiger partial charge on any atom is 0.276 e. The quantitative estimate of drug-likeness (QED) is 0.608. The summed E-state index contributed by atoms with van der Waals surface area (Å²) in [7, 11) is 0.